The number of nitriles is 2. The zero-order valence-electron chi connectivity index (χ0n) is 46.6. The van der Waals surface area contributed by atoms with E-state index in [4.69, 9.17) is 4.98 Å². The molecule has 18 rings (SSSR count). The van der Waals surface area contributed by atoms with Gasteiger partial charge < -0.3 is 22.8 Å². The molecule has 8 nitrogen and oxygen atoms in total. The molecule has 0 aliphatic heterocycles. The number of benzene rings is 12. The Kier molecular flexibility index (Phi) is 10.4. The average Bonchev–Trinajstić information content (AvgIpc) is 1.80. The third kappa shape index (κ3) is 6.78. The molecular formula is C79H46N8. The van der Waals surface area contributed by atoms with Crippen LogP contribution in [0.2, 0.25) is 0 Å². The van der Waals surface area contributed by atoms with Gasteiger partial charge in [0.15, 0.2) is 0 Å². The van der Waals surface area contributed by atoms with Crippen LogP contribution in [0.1, 0.15) is 11.1 Å². The molecule has 402 valence electrons. The first-order valence-electron chi connectivity index (χ1n) is 29.2. The Morgan fingerprint density at radius 3 is 1.08 bits per heavy atom. The standard InChI is InChI=1S/C79H46N8/c80-47-49-21-18-23-51(45-49)71-72(52-24-19-22-50(46-52)48-81)77(85-64-36-13-6-29-56(64)57-30-7-14-37-65(57)85)79(87-68-40-17-10-33-60(68)61-42-43-69-73(75(61)87)74-70(41-20-44-82-74)83(69)53-25-2-1-3-26-53)78(86-66-38-15-8-31-58(66)59-32-9-16-39-67(59)86)76(71)84-62-34-11-4-27-54(62)55-28-5-12-35-63(55)84/h1-46H. The summed E-state index contributed by atoms with van der Waals surface area (Å²) in [6, 6.07) is 102. The predicted octanol–water partition coefficient (Wildman–Crippen LogP) is 19.6. The molecular weight excluding hydrogens is 1060 g/mol. The molecule has 6 heterocycles. The Bertz CT molecular complexity index is 5890. The van der Waals surface area contributed by atoms with Crippen molar-refractivity contribution in [1.82, 2.24) is 27.8 Å². The highest BCUT2D eigenvalue weighted by molar-refractivity contribution is 6.27. The van der Waals surface area contributed by atoms with Gasteiger partial charge in [-0.15, -0.1) is 0 Å². The molecule has 12 aromatic carbocycles. The molecule has 0 aliphatic rings. The van der Waals surface area contributed by atoms with Crippen molar-refractivity contribution in [3.8, 4) is 62.8 Å². The van der Waals surface area contributed by atoms with Crippen LogP contribution < -0.4 is 0 Å². The van der Waals surface area contributed by atoms with Crippen LogP contribution in [0.5, 0.6) is 0 Å². The summed E-state index contributed by atoms with van der Waals surface area (Å²) in [5.41, 5.74) is 19.9. The van der Waals surface area contributed by atoms with Gasteiger partial charge in [-0.3, -0.25) is 4.98 Å². The summed E-state index contributed by atoms with van der Waals surface area (Å²) in [5.74, 6) is 0. The molecule has 87 heavy (non-hydrogen) atoms. The van der Waals surface area contributed by atoms with Crippen molar-refractivity contribution in [2.75, 3.05) is 0 Å². The number of rotatable bonds is 7. The van der Waals surface area contributed by atoms with Gasteiger partial charge in [-0.25, -0.2) is 0 Å². The molecule has 0 fully saturated rings. The van der Waals surface area contributed by atoms with Gasteiger partial charge in [0, 0.05) is 66.1 Å². The fourth-order valence-electron chi connectivity index (χ4n) is 14.6. The first-order chi connectivity index (χ1) is 43.2. The summed E-state index contributed by atoms with van der Waals surface area (Å²) in [6.45, 7) is 0. The topological polar surface area (TPSA) is 85.1 Å². The number of hydrogen-bond acceptors (Lipinski definition) is 3. The monoisotopic (exact) mass is 1110 g/mol. The Morgan fingerprint density at radius 2 is 0.644 bits per heavy atom. The molecule has 0 unspecified atom stereocenters. The lowest BCUT2D eigenvalue weighted by Crippen LogP contribution is -2.16. The average molecular weight is 1110 g/mol. The van der Waals surface area contributed by atoms with Crippen molar-refractivity contribution in [3.05, 3.63) is 290 Å². The van der Waals surface area contributed by atoms with Crippen molar-refractivity contribution < 1.29 is 0 Å². The van der Waals surface area contributed by atoms with Crippen LogP contribution in [0.15, 0.2) is 279 Å². The highest BCUT2D eigenvalue weighted by Crippen LogP contribution is 2.55. The fourth-order valence-corrected chi connectivity index (χ4v) is 14.6. The van der Waals surface area contributed by atoms with Gasteiger partial charge in [-0.05, 0) is 108 Å². The molecule has 8 heteroatoms. The largest absolute Gasteiger partial charge is 0.308 e. The van der Waals surface area contributed by atoms with Crippen LogP contribution in [0.3, 0.4) is 0 Å². The number of nitrogens with zero attached hydrogens (tertiary/aromatic N) is 8. The fraction of sp³-hybridized carbons (Fsp3) is 0. The third-order valence-corrected chi connectivity index (χ3v) is 17.9. The molecule has 18 aromatic rings. The summed E-state index contributed by atoms with van der Waals surface area (Å²) >= 11 is 0. The van der Waals surface area contributed by atoms with E-state index in [1.807, 2.05) is 48.7 Å². The van der Waals surface area contributed by atoms with E-state index in [0.717, 1.165) is 160 Å². The Hall–Kier alpha value is -12.2. The van der Waals surface area contributed by atoms with Crippen molar-refractivity contribution in [2.24, 2.45) is 0 Å². The van der Waals surface area contributed by atoms with E-state index in [2.05, 4.69) is 265 Å². The summed E-state index contributed by atoms with van der Waals surface area (Å²) in [7, 11) is 0. The van der Waals surface area contributed by atoms with E-state index in [-0.39, 0.29) is 0 Å². The molecule has 0 bridgehead atoms. The maximum absolute atomic E-state index is 11.1. The van der Waals surface area contributed by atoms with E-state index in [0.29, 0.717) is 11.1 Å². The predicted molar refractivity (Wildman–Crippen MR) is 356 cm³/mol. The maximum Gasteiger partial charge on any atom is 0.0991 e. The lowest BCUT2D eigenvalue weighted by Gasteiger charge is -2.31. The first kappa shape index (κ1) is 48.3. The Balaban J connectivity index is 1.24. The summed E-state index contributed by atoms with van der Waals surface area (Å²) in [6.07, 6.45) is 1.92. The van der Waals surface area contributed by atoms with Crippen LogP contribution >= 0.6 is 0 Å². The third-order valence-electron chi connectivity index (χ3n) is 17.9. The normalized spacial score (nSPS) is 11.9. The van der Waals surface area contributed by atoms with Gasteiger partial charge in [0.1, 0.15) is 0 Å². The molecule has 0 radical (unpaired) electrons. The lowest BCUT2D eigenvalue weighted by molar-refractivity contribution is 1.03. The van der Waals surface area contributed by atoms with Crippen LogP contribution in [0.4, 0.5) is 0 Å². The van der Waals surface area contributed by atoms with E-state index in [1.54, 1.807) is 0 Å². The van der Waals surface area contributed by atoms with E-state index in [1.165, 1.54) is 0 Å². The minimum atomic E-state index is 0.516. The maximum atomic E-state index is 11.1. The van der Waals surface area contributed by atoms with Gasteiger partial charge in [0.2, 0.25) is 0 Å². The van der Waals surface area contributed by atoms with Gasteiger partial charge >= 0.3 is 0 Å². The highest BCUT2D eigenvalue weighted by atomic mass is 15.1. The first-order valence-corrected chi connectivity index (χ1v) is 29.2. The van der Waals surface area contributed by atoms with E-state index < -0.39 is 0 Å². The van der Waals surface area contributed by atoms with E-state index >= 15 is 0 Å². The SMILES string of the molecule is N#Cc1cccc(-c2c(-c3cccc(C#N)c3)c(-n3c4ccccc4c4ccccc43)c(-n3c4ccccc4c4ccc5c(c6ncccc6n5-c5ccccc5)c43)c(-n3c4ccccc4c4ccccc43)c2-n2c3ccccc3c3ccccc32)c1. The Labute approximate surface area is 497 Å². The number of para-hydroxylation sites is 8. The molecule has 0 saturated carbocycles. The number of aromatic nitrogens is 6. The molecule has 0 atom stereocenters. The van der Waals surface area contributed by atoms with Gasteiger partial charge in [0.25, 0.3) is 0 Å². The van der Waals surface area contributed by atoms with Crippen LogP contribution in [0.25, 0.3) is 160 Å². The number of pyridine rings is 1. The zero-order chi connectivity index (χ0) is 57.4. The molecule has 0 spiro atoms. The minimum absolute atomic E-state index is 0.516. The van der Waals surface area contributed by atoms with Crippen molar-refractivity contribution in [1.29, 1.82) is 10.5 Å². The summed E-state index contributed by atoms with van der Waals surface area (Å²) in [5, 5.41) is 31.9. The van der Waals surface area contributed by atoms with Crippen molar-refractivity contribution in [3.63, 3.8) is 0 Å². The van der Waals surface area contributed by atoms with Crippen LogP contribution in [-0.4, -0.2) is 27.8 Å². The second-order valence-electron chi connectivity index (χ2n) is 22.4. The van der Waals surface area contributed by atoms with Gasteiger partial charge in [0.05, 0.1) is 112 Å². The lowest BCUT2D eigenvalue weighted by atomic mass is 9.87. The summed E-state index contributed by atoms with van der Waals surface area (Å²) < 4.78 is 12.4. The number of fused-ring (bicyclic) bond motifs is 16. The molecule has 0 aliphatic carbocycles. The smallest absolute Gasteiger partial charge is 0.0991 e. The molecule has 6 aromatic heterocycles. The van der Waals surface area contributed by atoms with Gasteiger partial charge in [-0.1, -0.05) is 176 Å². The van der Waals surface area contributed by atoms with Crippen LogP contribution in [-0.2, 0) is 0 Å². The quantitative estimate of drug-likeness (QED) is 0.159. The van der Waals surface area contributed by atoms with E-state index in [9.17, 15) is 10.5 Å². The number of hydrogen-bond donors (Lipinski definition) is 0. The molecule has 0 amide bonds. The minimum Gasteiger partial charge on any atom is -0.308 e. The molecule has 0 N–H and O–H groups in total. The van der Waals surface area contributed by atoms with Crippen LogP contribution in [0, 0.1) is 22.7 Å². The zero-order valence-corrected chi connectivity index (χ0v) is 46.6. The second-order valence-corrected chi connectivity index (χ2v) is 22.4. The van der Waals surface area contributed by atoms with Crippen molar-refractivity contribution >= 4 is 109 Å². The Morgan fingerprint density at radius 1 is 0.276 bits per heavy atom. The highest BCUT2D eigenvalue weighted by Gasteiger charge is 2.36. The van der Waals surface area contributed by atoms with Gasteiger partial charge in [-0.2, -0.15) is 10.5 Å². The summed E-state index contributed by atoms with van der Waals surface area (Å²) in [4.78, 5) is 5.39. The second kappa shape index (κ2) is 18.6. The molecule has 0 saturated heterocycles. The van der Waals surface area contributed by atoms with Crippen molar-refractivity contribution in [2.45, 2.75) is 0 Å².